The Labute approximate surface area is 245 Å². The summed E-state index contributed by atoms with van der Waals surface area (Å²) in [6, 6.07) is 43.5. The van der Waals surface area contributed by atoms with Crippen molar-refractivity contribution in [3.05, 3.63) is 137 Å². The second-order valence-corrected chi connectivity index (χ2v) is 11.0. The summed E-state index contributed by atoms with van der Waals surface area (Å²) in [6.45, 7) is 0. The summed E-state index contributed by atoms with van der Waals surface area (Å²) in [5.74, 6) is 1.78. The molecular formula is C35H21BrClN3. The summed E-state index contributed by atoms with van der Waals surface area (Å²) in [7, 11) is 0. The van der Waals surface area contributed by atoms with Gasteiger partial charge in [-0.2, -0.15) is 0 Å². The van der Waals surface area contributed by atoms with E-state index in [-0.39, 0.29) is 0 Å². The maximum Gasteiger partial charge on any atom is 0.164 e. The van der Waals surface area contributed by atoms with E-state index in [1.165, 1.54) is 21.7 Å². The average Bonchev–Trinajstić information content (AvgIpc) is 3.00. The molecule has 0 aliphatic rings. The van der Waals surface area contributed by atoms with Crippen molar-refractivity contribution in [2.45, 2.75) is 0 Å². The Bertz CT molecular complexity index is 2000. The van der Waals surface area contributed by atoms with Gasteiger partial charge in [-0.15, -0.1) is 0 Å². The molecule has 0 radical (unpaired) electrons. The number of aromatic nitrogens is 3. The van der Waals surface area contributed by atoms with E-state index in [0.29, 0.717) is 22.5 Å². The molecular weight excluding hydrogens is 578 g/mol. The maximum atomic E-state index is 6.40. The summed E-state index contributed by atoms with van der Waals surface area (Å²) < 4.78 is 0.864. The first-order valence-electron chi connectivity index (χ1n) is 12.9. The molecule has 0 amide bonds. The molecule has 0 saturated heterocycles. The fraction of sp³-hybridized carbons (Fsp3) is 0. The highest BCUT2D eigenvalue weighted by Gasteiger charge is 2.14. The van der Waals surface area contributed by atoms with Crippen LogP contribution in [0.15, 0.2) is 132 Å². The first kappa shape index (κ1) is 24.6. The third kappa shape index (κ3) is 4.77. The zero-order valence-corrected chi connectivity index (χ0v) is 23.6. The van der Waals surface area contributed by atoms with E-state index in [4.69, 9.17) is 26.6 Å². The summed E-state index contributed by atoms with van der Waals surface area (Å²) >= 11 is 9.96. The monoisotopic (exact) mass is 597 g/mol. The molecule has 1 aromatic heterocycles. The zero-order valence-electron chi connectivity index (χ0n) is 21.2. The van der Waals surface area contributed by atoms with Gasteiger partial charge in [0.1, 0.15) is 0 Å². The predicted octanol–water partition coefficient (Wildman–Crippen LogP) is 10.3. The van der Waals surface area contributed by atoms with Crippen molar-refractivity contribution in [3.8, 4) is 45.3 Å². The largest absolute Gasteiger partial charge is 0.208 e. The Morgan fingerprint density at radius 1 is 0.425 bits per heavy atom. The van der Waals surface area contributed by atoms with Gasteiger partial charge < -0.3 is 0 Å². The highest BCUT2D eigenvalue weighted by atomic mass is 79.9. The van der Waals surface area contributed by atoms with Gasteiger partial charge in [-0.3, -0.25) is 0 Å². The number of nitrogens with zero attached hydrogens (tertiary/aromatic N) is 3. The molecule has 5 heteroatoms. The van der Waals surface area contributed by atoms with Crippen molar-refractivity contribution in [1.29, 1.82) is 0 Å². The van der Waals surface area contributed by atoms with Crippen LogP contribution in [0, 0.1) is 0 Å². The molecule has 0 unspecified atom stereocenters. The van der Waals surface area contributed by atoms with E-state index in [1.807, 2.05) is 36.4 Å². The predicted molar refractivity (Wildman–Crippen MR) is 169 cm³/mol. The van der Waals surface area contributed by atoms with Gasteiger partial charge in [0, 0.05) is 26.2 Å². The molecule has 190 valence electrons. The van der Waals surface area contributed by atoms with Crippen molar-refractivity contribution in [1.82, 2.24) is 15.0 Å². The lowest BCUT2D eigenvalue weighted by Gasteiger charge is -2.11. The number of hydrogen-bond acceptors (Lipinski definition) is 3. The third-order valence-electron chi connectivity index (χ3n) is 7.01. The van der Waals surface area contributed by atoms with Gasteiger partial charge >= 0.3 is 0 Å². The topological polar surface area (TPSA) is 38.7 Å². The highest BCUT2D eigenvalue weighted by molar-refractivity contribution is 9.10. The minimum atomic E-state index is 0.564. The average molecular weight is 599 g/mol. The molecule has 0 aliphatic heterocycles. The van der Waals surface area contributed by atoms with Gasteiger partial charge in [-0.25, -0.2) is 15.0 Å². The van der Waals surface area contributed by atoms with Crippen LogP contribution in [0.3, 0.4) is 0 Å². The van der Waals surface area contributed by atoms with Crippen molar-refractivity contribution < 1.29 is 0 Å². The van der Waals surface area contributed by atoms with Crippen molar-refractivity contribution in [3.63, 3.8) is 0 Å². The number of hydrogen-bond donors (Lipinski definition) is 0. The molecule has 0 atom stereocenters. The normalized spacial score (nSPS) is 11.2. The van der Waals surface area contributed by atoms with E-state index in [0.717, 1.165) is 32.1 Å². The molecule has 6 aromatic carbocycles. The Hall–Kier alpha value is -4.38. The molecule has 0 bridgehead atoms. The Kier molecular flexibility index (Phi) is 6.35. The van der Waals surface area contributed by atoms with Crippen molar-refractivity contribution in [2.24, 2.45) is 0 Å². The Balaban J connectivity index is 1.38. The standard InChI is InChI=1S/C35H21BrClN3/c36-29-19-28(20-30(37)21-29)35-39-33(25-13-10-23(11-14-25)22-6-2-1-3-7-22)38-34(40-35)27-16-17-32-26(18-27)15-12-24-8-4-5-9-31(24)32/h1-21H. The second kappa shape index (κ2) is 10.3. The Morgan fingerprint density at radius 2 is 1.00 bits per heavy atom. The maximum absolute atomic E-state index is 6.40. The van der Waals surface area contributed by atoms with Crippen LogP contribution in [0.1, 0.15) is 0 Å². The van der Waals surface area contributed by atoms with Gasteiger partial charge in [0.15, 0.2) is 17.5 Å². The summed E-state index contributed by atoms with van der Waals surface area (Å²) in [5, 5.41) is 5.39. The van der Waals surface area contributed by atoms with Crippen LogP contribution in [-0.4, -0.2) is 15.0 Å². The van der Waals surface area contributed by atoms with Crippen LogP contribution in [0.25, 0.3) is 66.8 Å². The fourth-order valence-electron chi connectivity index (χ4n) is 5.04. The lowest BCUT2D eigenvalue weighted by molar-refractivity contribution is 1.07. The first-order valence-corrected chi connectivity index (χ1v) is 14.1. The molecule has 3 nitrogen and oxygen atoms in total. The molecule has 40 heavy (non-hydrogen) atoms. The number of benzene rings is 6. The van der Waals surface area contributed by atoms with Gasteiger partial charge in [-0.1, -0.05) is 131 Å². The zero-order chi connectivity index (χ0) is 27.1. The lowest BCUT2D eigenvalue weighted by atomic mass is 10.00. The van der Waals surface area contributed by atoms with Crippen LogP contribution in [-0.2, 0) is 0 Å². The SMILES string of the molecule is Clc1cc(Br)cc(-c2nc(-c3ccc(-c4ccccc4)cc3)nc(-c3ccc4c(ccc5ccccc54)c3)n2)c1. The van der Waals surface area contributed by atoms with Crippen LogP contribution in [0.4, 0.5) is 0 Å². The molecule has 7 rings (SSSR count). The molecule has 0 fully saturated rings. The third-order valence-corrected chi connectivity index (χ3v) is 7.69. The fourth-order valence-corrected chi connectivity index (χ4v) is 5.90. The molecule has 7 aromatic rings. The smallest absolute Gasteiger partial charge is 0.164 e. The second-order valence-electron chi connectivity index (χ2n) is 9.63. The van der Waals surface area contributed by atoms with Crippen LogP contribution in [0.5, 0.6) is 0 Å². The van der Waals surface area contributed by atoms with E-state index in [1.54, 1.807) is 0 Å². The van der Waals surface area contributed by atoms with Gasteiger partial charge in [0.05, 0.1) is 0 Å². The minimum Gasteiger partial charge on any atom is -0.208 e. The van der Waals surface area contributed by atoms with Gasteiger partial charge in [0.25, 0.3) is 0 Å². The van der Waals surface area contributed by atoms with Gasteiger partial charge in [0.2, 0.25) is 0 Å². The van der Waals surface area contributed by atoms with Crippen molar-refractivity contribution >= 4 is 49.1 Å². The molecule has 0 spiro atoms. The lowest BCUT2D eigenvalue weighted by Crippen LogP contribution is -2.00. The van der Waals surface area contributed by atoms with E-state index in [9.17, 15) is 0 Å². The first-order chi connectivity index (χ1) is 19.6. The van der Waals surface area contributed by atoms with E-state index >= 15 is 0 Å². The van der Waals surface area contributed by atoms with Crippen molar-refractivity contribution in [2.75, 3.05) is 0 Å². The van der Waals surface area contributed by atoms with Crippen LogP contribution in [0.2, 0.25) is 5.02 Å². The molecule has 0 N–H and O–H groups in total. The molecule has 1 heterocycles. The Morgan fingerprint density at radius 3 is 1.77 bits per heavy atom. The summed E-state index contributed by atoms with van der Waals surface area (Å²) in [6.07, 6.45) is 0. The van der Waals surface area contributed by atoms with Crippen LogP contribution < -0.4 is 0 Å². The number of halogens is 2. The minimum absolute atomic E-state index is 0.564. The number of fused-ring (bicyclic) bond motifs is 3. The molecule has 0 aliphatic carbocycles. The summed E-state index contributed by atoms with van der Waals surface area (Å²) in [4.78, 5) is 14.7. The molecule has 0 saturated carbocycles. The van der Waals surface area contributed by atoms with E-state index < -0.39 is 0 Å². The van der Waals surface area contributed by atoms with E-state index in [2.05, 4.69) is 107 Å². The quantitative estimate of drug-likeness (QED) is 0.189. The highest BCUT2D eigenvalue weighted by Crippen LogP contribution is 2.32. The van der Waals surface area contributed by atoms with Crippen LogP contribution >= 0.6 is 27.5 Å². The van der Waals surface area contributed by atoms with Gasteiger partial charge in [-0.05, 0) is 56.9 Å². The summed E-state index contributed by atoms with van der Waals surface area (Å²) in [5.41, 5.74) is 4.96. The number of rotatable bonds is 4.